The van der Waals surface area contributed by atoms with Gasteiger partial charge in [-0.1, -0.05) is 17.9 Å². The number of carbonyl (C=O) groups is 2. The highest BCUT2D eigenvalue weighted by molar-refractivity contribution is 6.25. The van der Waals surface area contributed by atoms with Crippen LogP contribution in [0.25, 0.3) is 0 Å². The molecule has 136 valence electrons. The zero-order valence-electron chi connectivity index (χ0n) is 15.2. The lowest BCUT2D eigenvalue weighted by atomic mass is 9.79. The van der Waals surface area contributed by atoms with Gasteiger partial charge < -0.3 is 10.5 Å². The van der Waals surface area contributed by atoms with Crippen LogP contribution in [-0.2, 0) is 9.53 Å². The number of carbonyl (C=O) groups excluding carboxylic acids is 2. The average Bonchev–Trinajstić information content (AvgIpc) is 3.38. The topological polar surface area (TPSA) is 69.4 Å². The number of rotatable bonds is 3. The summed E-state index contributed by atoms with van der Waals surface area (Å²) >= 11 is 0. The molecule has 5 heteroatoms. The number of benzene rings is 1. The second-order valence-electron chi connectivity index (χ2n) is 7.38. The summed E-state index contributed by atoms with van der Waals surface area (Å²) in [5.74, 6) is 4.11. The highest BCUT2D eigenvalue weighted by Gasteiger charge is 2.39. The summed E-state index contributed by atoms with van der Waals surface area (Å²) in [5, 5.41) is 0. The molecule has 0 aliphatic heterocycles. The van der Waals surface area contributed by atoms with Crippen LogP contribution in [0.5, 0.6) is 0 Å². The number of allylic oxidation sites excluding steroid dienone is 1. The average molecular weight is 355 g/mol. The Bertz CT molecular complexity index is 864. The minimum atomic E-state index is -0.745. The smallest absolute Gasteiger partial charge is 0.341 e. The Hall–Kier alpha value is -2.45. The molecule has 2 aliphatic carbocycles. The van der Waals surface area contributed by atoms with E-state index >= 15 is 0 Å². The van der Waals surface area contributed by atoms with Crippen molar-refractivity contribution in [2.24, 2.45) is 11.7 Å². The molecule has 4 nitrogen and oxygen atoms in total. The minimum absolute atomic E-state index is 0.00224. The van der Waals surface area contributed by atoms with Gasteiger partial charge in [0.1, 0.15) is 11.4 Å². The van der Waals surface area contributed by atoms with Crippen molar-refractivity contribution in [1.82, 2.24) is 0 Å². The molecule has 0 amide bonds. The summed E-state index contributed by atoms with van der Waals surface area (Å²) in [6, 6.07) is 2.82. The Morgan fingerprint density at radius 2 is 2.08 bits per heavy atom. The summed E-state index contributed by atoms with van der Waals surface area (Å²) in [5.41, 5.74) is 6.27. The Balaban J connectivity index is 2.08. The van der Waals surface area contributed by atoms with Crippen LogP contribution in [-0.4, -0.2) is 23.9 Å². The Labute approximate surface area is 152 Å². The monoisotopic (exact) mass is 355 g/mol. The Morgan fingerprint density at radius 3 is 2.65 bits per heavy atom. The van der Waals surface area contributed by atoms with E-state index in [1.54, 1.807) is 32.9 Å². The van der Waals surface area contributed by atoms with Crippen molar-refractivity contribution in [2.45, 2.75) is 45.1 Å². The minimum Gasteiger partial charge on any atom is -0.462 e. The van der Waals surface area contributed by atoms with Crippen molar-refractivity contribution < 1.29 is 18.7 Å². The molecule has 26 heavy (non-hydrogen) atoms. The molecule has 0 radical (unpaired) electrons. The maximum absolute atomic E-state index is 14.5. The van der Waals surface area contributed by atoms with E-state index < -0.39 is 23.1 Å². The van der Waals surface area contributed by atoms with Crippen LogP contribution in [0.3, 0.4) is 0 Å². The van der Waals surface area contributed by atoms with E-state index in [0.29, 0.717) is 5.92 Å². The number of ketones is 1. The van der Waals surface area contributed by atoms with Gasteiger partial charge in [0, 0.05) is 11.5 Å². The van der Waals surface area contributed by atoms with Gasteiger partial charge in [-0.25, -0.2) is 9.18 Å². The van der Waals surface area contributed by atoms with Gasteiger partial charge in [-0.2, -0.15) is 0 Å². The third-order valence-corrected chi connectivity index (χ3v) is 4.48. The zero-order chi connectivity index (χ0) is 19.1. The van der Waals surface area contributed by atoms with Crippen molar-refractivity contribution in [2.75, 3.05) is 6.61 Å². The first-order chi connectivity index (χ1) is 12.2. The summed E-state index contributed by atoms with van der Waals surface area (Å²) < 4.78 is 19.5. The molecule has 2 aliphatic rings. The lowest BCUT2D eigenvalue weighted by Gasteiger charge is -2.23. The van der Waals surface area contributed by atoms with Crippen LogP contribution < -0.4 is 5.73 Å². The first kappa shape index (κ1) is 18.3. The van der Waals surface area contributed by atoms with Crippen LogP contribution in [0.15, 0.2) is 23.8 Å². The second kappa shape index (κ2) is 6.69. The molecule has 3 rings (SSSR count). The maximum Gasteiger partial charge on any atom is 0.341 e. The lowest BCUT2D eigenvalue weighted by molar-refractivity contribution is -0.138. The third-order valence-electron chi connectivity index (χ3n) is 4.48. The standard InChI is InChI=1S/C21H22FNO3/c1-4-26-20(25)17-10-14(12-5-6-12)15-9-13(7-8-21(2,3)23)18(22)11-16(15)19(17)24/h9-12,14H,4-6,23H2,1-3H3. The van der Waals surface area contributed by atoms with E-state index in [0.717, 1.165) is 18.4 Å². The summed E-state index contributed by atoms with van der Waals surface area (Å²) in [6.07, 6.45) is 3.71. The largest absolute Gasteiger partial charge is 0.462 e. The van der Waals surface area contributed by atoms with Crippen LogP contribution in [0.4, 0.5) is 4.39 Å². The number of nitrogens with two attached hydrogens (primary N) is 1. The number of ether oxygens (including phenoxy) is 1. The first-order valence-corrected chi connectivity index (χ1v) is 8.80. The first-order valence-electron chi connectivity index (χ1n) is 8.80. The molecule has 1 fully saturated rings. The Kier molecular flexibility index (Phi) is 4.72. The molecular formula is C21H22FNO3. The summed E-state index contributed by atoms with van der Waals surface area (Å²) in [4.78, 5) is 24.8. The van der Waals surface area contributed by atoms with Crippen LogP contribution in [0, 0.1) is 23.6 Å². The number of Topliss-reactive ketones (excluding diaryl/α,β-unsaturated/α-hetero) is 1. The van der Waals surface area contributed by atoms with Gasteiger partial charge in [0.2, 0.25) is 0 Å². The predicted molar refractivity (Wildman–Crippen MR) is 96.1 cm³/mol. The fourth-order valence-electron chi connectivity index (χ4n) is 3.09. The number of hydrogen-bond donors (Lipinski definition) is 1. The number of esters is 1. The van der Waals surface area contributed by atoms with E-state index in [2.05, 4.69) is 11.8 Å². The van der Waals surface area contributed by atoms with Crippen molar-refractivity contribution in [3.05, 3.63) is 46.3 Å². The normalized spacial score (nSPS) is 19.2. The quantitative estimate of drug-likeness (QED) is 0.514. The van der Waals surface area contributed by atoms with Gasteiger partial charge in [-0.05, 0) is 57.2 Å². The van der Waals surface area contributed by atoms with E-state index in [9.17, 15) is 14.0 Å². The van der Waals surface area contributed by atoms with Crippen molar-refractivity contribution in [3.63, 3.8) is 0 Å². The summed E-state index contributed by atoms with van der Waals surface area (Å²) in [7, 11) is 0. The van der Waals surface area contributed by atoms with Crippen LogP contribution in [0.1, 0.15) is 61.0 Å². The molecule has 1 aromatic rings. The molecule has 0 aromatic heterocycles. The van der Waals surface area contributed by atoms with E-state index in [1.165, 1.54) is 6.07 Å². The van der Waals surface area contributed by atoms with Crippen molar-refractivity contribution >= 4 is 11.8 Å². The van der Waals surface area contributed by atoms with E-state index in [-0.39, 0.29) is 29.2 Å². The van der Waals surface area contributed by atoms with Gasteiger partial charge >= 0.3 is 5.97 Å². The van der Waals surface area contributed by atoms with E-state index in [4.69, 9.17) is 10.5 Å². The van der Waals surface area contributed by atoms with Gasteiger partial charge in [-0.3, -0.25) is 4.79 Å². The fourth-order valence-corrected chi connectivity index (χ4v) is 3.09. The molecule has 1 saturated carbocycles. The number of halogens is 1. The molecule has 0 heterocycles. The predicted octanol–water partition coefficient (Wildman–Crippen LogP) is 3.09. The zero-order valence-corrected chi connectivity index (χ0v) is 15.2. The Morgan fingerprint density at radius 1 is 1.38 bits per heavy atom. The molecule has 1 aromatic carbocycles. The maximum atomic E-state index is 14.5. The van der Waals surface area contributed by atoms with Crippen LogP contribution in [0.2, 0.25) is 0 Å². The molecule has 0 bridgehead atoms. The van der Waals surface area contributed by atoms with Gasteiger partial charge in [-0.15, -0.1) is 0 Å². The number of hydrogen-bond acceptors (Lipinski definition) is 4. The fraction of sp³-hybridized carbons (Fsp3) is 0.429. The second-order valence-corrected chi connectivity index (χ2v) is 7.38. The van der Waals surface area contributed by atoms with Crippen molar-refractivity contribution in [3.8, 4) is 11.8 Å². The number of fused-ring (bicyclic) bond motifs is 1. The van der Waals surface area contributed by atoms with Crippen LogP contribution >= 0.6 is 0 Å². The highest BCUT2D eigenvalue weighted by Crippen LogP contribution is 2.47. The molecule has 0 saturated heterocycles. The molecular weight excluding hydrogens is 333 g/mol. The van der Waals surface area contributed by atoms with E-state index in [1.807, 2.05) is 0 Å². The van der Waals surface area contributed by atoms with Gasteiger partial charge in [0.15, 0.2) is 5.78 Å². The highest BCUT2D eigenvalue weighted by atomic mass is 19.1. The molecule has 1 unspecified atom stereocenters. The molecule has 2 N–H and O–H groups in total. The third kappa shape index (κ3) is 3.71. The van der Waals surface area contributed by atoms with Crippen molar-refractivity contribution in [1.29, 1.82) is 0 Å². The van der Waals surface area contributed by atoms with Gasteiger partial charge in [0.05, 0.1) is 17.7 Å². The molecule has 1 atom stereocenters. The molecule has 0 spiro atoms. The SMILES string of the molecule is CCOC(=O)C1=CC(C2CC2)c2cc(C#CC(C)(C)N)c(F)cc2C1=O. The lowest BCUT2D eigenvalue weighted by Crippen LogP contribution is -2.29. The summed E-state index contributed by atoms with van der Waals surface area (Å²) in [6.45, 7) is 5.34. The van der Waals surface area contributed by atoms with Gasteiger partial charge in [0.25, 0.3) is 0 Å².